The van der Waals surface area contributed by atoms with E-state index in [9.17, 15) is 4.21 Å². The van der Waals surface area contributed by atoms with E-state index in [1.165, 1.54) is 0 Å². The monoisotopic (exact) mass is 252 g/mol. The minimum absolute atomic E-state index is 0.0474. The maximum Gasteiger partial charge on any atom is 0.0976 e. The second kappa shape index (κ2) is 6.07. The van der Waals surface area contributed by atoms with E-state index >= 15 is 0 Å². The van der Waals surface area contributed by atoms with Crippen LogP contribution in [0.1, 0.15) is 38.9 Å². The summed E-state index contributed by atoms with van der Waals surface area (Å²) in [4.78, 5) is 4.29. The molecule has 0 radical (unpaired) electrons. The van der Waals surface area contributed by atoms with Crippen LogP contribution in [0.3, 0.4) is 0 Å². The second-order valence-electron chi connectivity index (χ2n) is 4.83. The van der Waals surface area contributed by atoms with Gasteiger partial charge in [0.15, 0.2) is 0 Å². The number of pyridine rings is 1. The summed E-state index contributed by atoms with van der Waals surface area (Å²) in [6.07, 6.45) is 4.26. The first kappa shape index (κ1) is 14.1. The third kappa shape index (κ3) is 4.40. The lowest BCUT2D eigenvalue weighted by molar-refractivity contribution is 0.594. The van der Waals surface area contributed by atoms with Crippen LogP contribution >= 0.6 is 0 Å². The molecule has 0 aromatic carbocycles. The van der Waals surface area contributed by atoms with Crippen molar-refractivity contribution in [1.82, 2.24) is 9.71 Å². The van der Waals surface area contributed by atoms with E-state index in [2.05, 4.69) is 16.3 Å². The fourth-order valence-corrected chi connectivity index (χ4v) is 2.11. The molecule has 0 aliphatic rings. The molecule has 0 saturated heterocycles. The van der Waals surface area contributed by atoms with Crippen molar-refractivity contribution >= 4 is 11.0 Å². The summed E-state index contributed by atoms with van der Waals surface area (Å²) in [7, 11) is -1.11. The standard InChI is InChI=1S/C13H20N2OS/c1-5-8-12(11-9-6-7-10-14-11)15-17(16)13(2,3)4/h5-7,9-10,12,15H,1,8H2,2-4H3/t12-,17-/m0/s1. The molecule has 0 amide bonds. The largest absolute Gasteiger partial charge is 0.260 e. The highest BCUT2D eigenvalue weighted by Gasteiger charge is 2.23. The topological polar surface area (TPSA) is 42.0 Å². The normalized spacial score (nSPS) is 15.2. The van der Waals surface area contributed by atoms with Gasteiger partial charge in [0.25, 0.3) is 0 Å². The number of aromatic nitrogens is 1. The molecule has 3 nitrogen and oxygen atoms in total. The Morgan fingerprint density at radius 1 is 1.53 bits per heavy atom. The van der Waals surface area contributed by atoms with Gasteiger partial charge in [-0.2, -0.15) is 0 Å². The Morgan fingerprint density at radius 3 is 2.71 bits per heavy atom. The van der Waals surface area contributed by atoms with Crippen molar-refractivity contribution in [3.05, 3.63) is 42.7 Å². The van der Waals surface area contributed by atoms with Crippen LogP contribution < -0.4 is 4.72 Å². The highest BCUT2D eigenvalue weighted by molar-refractivity contribution is 7.84. The fraction of sp³-hybridized carbons (Fsp3) is 0.462. The van der Waals surface area contributed by atoms with Crippen molar-refractivity contribution in [2.45, 2.75) is 38.0 Å². The van der Waals surface area contributed by atoms with Gasteiger partial charge in [0.1, 0.15) is 0 Å². The zero-order valence-electron chi connectivity index (χ0n) is 10.6. The molecule has 1 rings (SSSR count). The molecule has 94 valence electrons. The zero-order valence-corrected chi connectivity index (χ0v) is 11.5. The van der Waals surface area contributed by atoms with Crippen LogP contribution in [0, 0.1) is 0 Å². The SMILES string of the molecule is C=CC[C@H](N[S@@](=O)C(C)(C)C)c1ccccn1. The van der Waals surface area contributed by atoms with Gasteiger partial charge in [-0.1, -0.05) is 12.1 Å². The molecule has 0 saturated carbocycles. The van der Waals surface area contributed by atoms with Gasteiger partial charge in [-0.05, 0) is 39.3 Å². The van der Waals surface area contributed by atoms with Crippen LogP contribution in [0.5, 0.6) is 0 Å². The summed E-state index contributed by atoms with van der Waals surface area (Å²) in [5.41, 5.74) is 0.894. The molecular formula is C13H20N2OS. The van der Waals surface area contributed by atoms with Crippen LogP contribution in [-0.2, 0) is 11.0 Å². The van der Waals surface area contributed by atoms with Gasteiger partial charge in [-0.25, -0.2) is 8.93 Å². The average molecular weight is 252 g/mol. The van der Waals surface area contributed by atoms with Crippen molar-refractivity contribution in [2.24, 2.45) is 0 Å². The van der Waals surface area contributed by atoms with Crippen molar-refractivity contribution in [1.29, 1.82) is 0 Å². The predicted octanol–water partition coefficient (Wildman–Crippen LogP) is 2.75. The van der Waals surface area contributed by atoms with Gasteiger partial charge in [0.2, 0.25) is 0 Å². The zero-order chi connectivity index (χ0) is 12.9. The molecule has 1 aromatic rings. The molecule has 0 spiro atoms. The van der Waals surface area contributed by atoms with E-state index in [1.807, 2.05) is 45.0 Å². The molecule has 0 aliphatic heterocycles. The van der Waals surface area contributed by atoms with Crippen molar-refractivity contribution in [3.63, 3.8) is 0 Å². The Morgan fingerprint density at radius 2 is 2.24 bits per heavy atom. The molecule has 0 bridgehead atoms. The van der Waals surface area contributed by atoms with Gasteiger partial charge < -0.3 is 0 Å². The van der Waals surface area contributed by atoms with E-state index in [4.69, 9.17) is 0 Å². The van der Waals surface area contributed by atoms with Gasteiger partial charge in [0.05, 0.1) is 27.5 Å². The van der Waals surface area contributed by atoms with E-state index in [1.54, 1.807) is 6.20 Å². The predicted molar refractivity (Wildman–Crippen MR) is 72.8 cm³/mol. The molecule has 0 fully saturated rings. The van der Waals surface area contributed by atoms with E-state index in [-0.39, 0.29) is 10.8 Å². The lowest BCUT2D eigenvalue weighted by Gasteiger charge is -2.23. The smallest absolute Gasteiger partial charge is 0.0976 e. The van der Waals surface area contributed by atoms with E-state index < -0.39 is 11.0 Å². The molecule has 17 heavy (non-hydrogen) atoms. The van der Waals surface area contributed by atoms with Crippen LogP contribution in [0.4, 0.5) is 0 Å². The summed E-state index contributed by atoms with van der Waals surface area (Å²) >= 11 is 0. The lowest BCUT2D eigenvalue weighted by atomic mass is 10.1. The lowest BCUT2D eigenvalue weighted by Crippen LogP contribution is -2.35. The molecule has 1 aromatic heterocycles. The minimum Gasteiger partial charge on any atom is -0.260 e. The van der Waals surface area contributed by atoms with Gasteiger partial charge >= 0.3 is 0 Å². The molecular weight excluding hydrogens is 232 g/mol. The Bertz CT molecular complexity index is 384. The van der Waals surface area contributed by atoms with Gasteiger partial charge in [-0.15, -0.1) is 6.58 Å². The first-order chi connectivity index (χ1) is 7.95. The molecule has 4 heteroatoms. The molecule has 0 aliphatic carbocycles. The maximum atomic E-state index is 12.1. The quantitative estimate of drug-likeness (QED) is 0.819. The Kier molecular flexibility index (Phi) is 5.02. The minimum atomic E-state index is -1.11. The van der Waals surface area contributed by atoms with Gasteiger partial charge in [-0.3, -0.25) is 4.98 Å². The number of nitrogens with one attached hydrogen (secondary N) is 1. The van der Waals surface area contributed by atoms with Crippen LogP contribution in [0.2, 0.25) is 0 Å². The van der Waals surface area contributed by atoms with Crippen molar-refractivity contribution in [3.8, 4) is 0 Å². The Balaban J connectivity index is 2.81. The van der Waals surface area contributed by atoms with Crippen LogP contribution in [0.25, 0.3) is 0 Å². The number of hydrogen-bond acceptors (Lipinski definition) is 2. The summed E-state index contributed by atoms with van der Waals surface area (Å²) in [5.74, 6) is 0. The van der Waals surface area contributed by atoms with Crippen molar-refractivity contribution < 1.29 is 4.21 Å². The first-order valence-electron chi connectivity index (χ1n) is 5.65. The first-order valence-corrected chi connectivity index (χ1v) is 6.80. The summed E-state index contributed by atoms with van der Waals surface area (Å²) < 4.78 is 14.9. The third-order valence-electron chi connectivity index (χ3n) is 2.25. The number of hydrogen-bond donors (Lipinski definition) is 1. The Labute approximate surface area is 106 Å². The van der Waals surface area contributed by atoms with E-state index in [0.29, 0.717) is 6.42 Å². The number of nitrogens with zero attached hydrogens (tertiary/aromatic N) is 1. The second-order valence-corrected chi connectivity index (χ2v) is 6.83. The van der Waals surface area contributed by atoms with E-state index in [0.717, 1.165) is 5.69 Å². The fourth-order valence-electron chi connectivity index (χ4n) is 1.28. The summed E-state index contributed by atoms with van der Waals surface area (Å²) in [5, 5.41) is 0. The van der Waals surface area contributed by atoms with Crippen LogP contribution in [-0.4, -0.2) is 13.9 Å². The summed E-state index contributed by atoms with van der Waals surface area (Å²) in [6.45, 7) is 9.56. The number of rotatable bonds is 5. The highest BCUT2D eigenvalue weighted by Crippen LogP contribution is 2.18. The van der Waals surface area contributed by atoms with Crippen molar-refractivity contribution in [2.75, 3.05) is 0 Å². The Hall–Kier alpha value is -1.00. The third-order valence-corrected chi connectivity index (χ3v) is 3.86. The average Bonchev–Trinajstić information content (AvgIpc) is 2.28. The van der Waals surface area contributed by atoms with Crippen LogP contribution in [0.15, 0.2) is 37.1 Å². The molecule has 0 unspecified atom stereocenters. The molecule has 1 N–H and O–H groups in total. The molecule has 2 atom stereocenters. The molecule has 1 heterocycles. The summed E-state index contributed by atoms with van der Waals surface area (Å²) in [6, 6.07) is 5.69. The maximum absolute atomic E-state index is 12.1. The highest BCUT2D eigenvalue weighted by atomic mass is 32.2. The van der Waals surface area contributed by atoms with Gasteiger partial charge in [0, 0.05) is 6.20 Å².